The van der Waals surface area contributed by atoms with E-state index in [1.54, 1.807) is 0 Å². The fourth-order valence-corrected chi connectivity index (χ4v) is 2.35. The highest BCUT2D eigenvalue weighted by Gasteiger charge is 2.21. The summed E-state index contributed by atoms with van der Waals surface area (Å²) in [6, 6.07) is 10.5. The van der Waals surface area contributed by atoms with Gasteiger partial charge in [0.25, 0.3) is 0 Å². The Balaban J connectivity index is 2.61. The Kier molecular flexibility index (Phi) is 9.26. The lowest BCUT2D eigenvalue weighted by Crippen LogP contribution is -2.44. The molecule has 0 aliphatic heterocycles. The molecule has 2 atom stereocenters. The lowest BCUT2D eigenvalue weighted by Gasteiger charge is -2.33. The van der Waals surface area contributed by atoms with Crippen molar-refractivity contribution in [3.8, 4) is 0 Å². The average Bonchev–Trinajstić information content (AvgIpc) is 2.53. The summed E-state index contributed by atoms with van der Waals surface area (Å²) in [6.45, 7) is 10.9. The molecule has 2 unspecified atom stereocenters. The van der Waals surface area contributed by atoms with E-state index in [-0.39, 0.29) is 12.1 Å². The summed E-state index contributed by atoms with van der Waals surface area (Å²) >= 11 is 0. The van der Waals surface area contributed by atoms with Crippen LogP contribution in [0.5, 0.6) is 0 Å². The van der Waals surface area contributed by atoms with E-state index in [1.165, 1.54) is 5.56 Å². The summed E-state index contributed by atoms with van der Waals surface area (Å²) in [5.41, 5.74) is 7.59. The molecule has 0 aromatic heterocycles. The van der Waals surface area contributed by atoms with Gasteiger partial charge >= 0.3 is 0 Å². The van der Waals surface area contributed by atoms with Gasteiger partial charge in [0.05, 0.1) is 13.2 Å². The van der Waals surface area contributed by atoms with Crippen molar-refractivity contribution in [1.29, 1.82) is 0 Å². The van der Waals surface area contributed by atoms with Crippen molar-refractivity contribution in [2.24, 2.45) is 5.73 Å². The first kappa shape index (κ1) is 18.1. The number of ether oxygens (including phenoxy) is 2. The molecule has 0 spiro atoms. The van der Waals surface area contributed by atoms with Crippen LogP contribution < -0.4 is 5.73 Å². The molecule has 0 bridgehead atoms. The number of hydrogen-bond donors (Lipinski definition) is 1. The number of hydrogen-bond acceptors (Lipinski definition) is 4. The fourth-order valence-electron chi connectivity index (χ4n) is 2.35. The molecule has 0 fully saturated rings. The third-order valence-corrected chi connectivity index (χ3v) is 3.73. The zero-order chi connectivity index (χ0) is 15.5. The Morgan fingerprint density at radius 1 is 1.00 bits per heavy atom. The molecule has 1 rings (SSSR count). The third-order valence-electron chi connectivity index (χ3n) is 3.73. The molecule has 120 valence electrons. The summed E-state index contributed by atoms with van der Waals surface area (Å²) in [4.78, 5) is 2.35. The lowest BCUT2D eigenvalue weighted by atomic mass is 10.0. The lowest BCUT2D eigenvalue weighted by molar-refractivity contribution is 0.0605. The van der Waals surface area contributed by atoms with Crippen LogP contribution in [0.2, 0.25) is 0 Å². The Morgan fingerprint density at radius 2 is 1.52 bits per heavy atom. The highest BCUT2D eigenvalue weighted by Crippen LogP contribution is 2.18. The molecule has 0 saturated heterocycles. The molecule has 0 aliphatic rings. The first-order valence-corrected chi connectivity index (χ1v) is 7.90. The van der Waals surface area contributed by atoms with E-state index in [1.807, 2.05) is 32.0 Å². The molecule has 0 saturated carbocycles. The number of benzene rings is 1. The van der Waals surface area contributed by atoms with Crippen LogP contribution in [0.3, 0.4) is 0 Å². The number of rotatable bonds is 11. The second-order valence-corrected chi connectivity index (χ2v) is 5.11. The molecule has 2 N–H and O–H groups in total. The van der Waals surface area contributed by atoms with Crippen LogP contribution in [0.15, 0.2) is 30.3 Å². The van der Waals surface area contributed by atoms with Gasteiger partial charge in [0, 0.05) is 38.4 Å². The van der Waals surface area contributed by atoms with Gasteiger partial charge in [-0.1, -0.05) is 30.3 Å². The number of nitrogens with two attached hydrogens (primary N) is 1. The largest absolute Gasteiger partial charge is 0.380 e. The Hall–Kier alpha value is -0.940. The predicted molar refractivity (Wildman–Crippen MR) is 87.4 cm³/mol. The second-order valence-electron chi connectivity index (χ2n) is 5.11. The Labute approximate surface area is 129 Å². The Morgan fingerprint density at radius 3 is 2.00 bits per heavy atom. The summed E-state index contributed by atoms with van der Waals surface area (Å²) in [5, 5.41) is 0. The van der Waals surface area contributed by atoms with Crippen molar-refractivity contribution < 1.29 is 9.47 Å². The molecule has 4 nitrogen and oxygen atoms in total. The first-order chi connectivity index (χ1) is 10.2. The molecule has 4 heteroatoms. The number of nitrogens with zero attached hydrogens (tertiary/aromatic N) is 1. The third kappa shape index (κ3) is 6.57. The summed E-state index contributed by atoms with van der Waals surface area (Å²) in [5.74, 6) is 0. The maximum absolute atomic E-state index is 6.42. The highest BCUT2D eigenvalue weighted by atomic mass is 16.5. The topological polar surface area (TPSA) is 47.7 Å². The van der Waals surface area contributed by atoms with Crippen molar-refractivity contribution in [3.05, 3.63) is 35.9 Å². The maximum atomic E-state index is 6.42. The van der Waals surface area contributed by atoms with Gasteiger partial charge in [0.15, 0.2) is 0 Å². The zero-order valence-corrected chi connectivity index (χ0v) is 13.6. The predicted octanol–water partition coefficient (Wildman–Crippen LogP) is 2.45. The van der Waals surface area contributed by atoms with E-state index >= 15 is 0 Å². The van der Waals surface area contributed by atoms with Crippen LogP contribution in [0.4, 0.5) is 0 Å². The van der Waals surface area contributed by atoms with Crippen LogP contribution in [-0.4, -0.2) is 50.5 Å². The Bertz CT molecular complexity index is 349. The summed E-state index contributed by atoms with van der Waals surface area (Å²) in [6.07, 6.45) is 0. The van der Waals surface area contributed by atoms with Crippen LogP contribution in [0.1, 0.15) is 32.4 Å². The molecule has 0 radical (unpaired) electrons. The smallest absolute Gasteiger partial charge is 0.0593 e. The minimum atomic E-state index is -0.00514. The van der Waals surface area contributed by atoms with Crippen molar-refractivity contribution in [1.82, 2.24) is 4.90 Å². The van der Waals surface area contributed by atoms with Gasteiger partial charge in [0.1, 0.15) is 0 Å². The van der Waals surface area contributed by atoms with Gasteiger partial charge in [-0.15, -0.1) is 0 Å². The van der Waals surface area contributed by atoms with Crippen LogP contribution in [0, 0.1) is 0 Å². The van der Waals surface area contributed by atoms with Crippen LogP contribution >= 0.6 is 0 Å². The SMILES string of the molecule is CCOCCN(CCOCC)C(C)C(N)c1ccccc1. The molecule has 0 aliphatic carbocycles. The van der Waals surface area contributed by atoms with Gasteiger partial charge in [0.2, 0.25) is 0 Å². The summed E-state index contributed by atoms with van der Waals surface area (Å²) < 4.78 is 11.0. The van der Waals surface area contributed by atoms with Crippen LogP contribution in [0.25, 0.3) is 0 Å². The van der Waals surface area contributed by atoms with Gasteiger partial charge in [-0.2, -0.15) is 0 Å². The van der Waals surface area contributed by atoms with Crippen molar-refractivity contribution >= 4 is 0 Å². The van der Waals surface area contributed by atoms with E-state index in [2.05, 4.69) is 24.0 Å². The minimum absolute atomic E-state index is 0.00514. The normalized spacial score (nSPS) is 14.3. The maximum Gasteiger partial charge on any atom is 0.0593 e. The van der Waals surface area contributed by atoms with Gasteiger partial charge in [-0.05, 0) is 26.3 Å². The fraction of sp³-hybridized carbons (Fsp3) is 0.647. The molecular weight excluding hydrogens is 264 g/mol. The first-order valence-electron chi connectivity index (χ1n) is 7.90. The quantitative estimate of drug-likeness (QED) is 0.637. The van der Waals surface area contributed by atoms with Crippen molar-refractivity contribution in [2.75, 3.05) is 39.5 Å². The van der Waals surface area contributed by atoms with E-state index in [0.29, 0.717) is 0 Å². The molecule has 1 aromatic carbocycles. The van der Waals surface area contributed by atoms with Gasteiger partial charge in [-0.25, -0.2) is 0 Å². The van der Waals surface area contributed by atoms with E-state index < -0.39 is 0 Å². The molecule has 1 aromatic rings. The van der Waals surface area contributed by atoms with Crippen molar-refractivity contribution in [2.45, 2.75) is 32.9 Å². The molecule has 21 heavy (non-hydrogen) atoms. The van der Waals surface area contributed by atoms with E-state index in [4.69, 9.17) is 15.2 Å². The minimum Gasteiger partial charge on any atom is -0.380 e. The highest BCUT2D eigenvalue weighted by molar-refractivity contribution is 5.19. The zero-order valence-electron chi connectivity index (χ0n) is 13.6. The van der Waals surface area contributed by atoms with Crippen LogP contribution in [-0.2, 0) is 9.47 Å². The standard InChI is InChI=1S/C17H30N2O2/c1-4-20-13-11-19(12-14-21-5-2)15(3)17(18)16-9-7-6-8-10-16/h6-10,15,17H,4-5,11-14,18H2,1-3H3. The monoisotopic (exact) mass is 294 g/mol. The molecule has 0 amide bonds. The molecule has 0 heterocycles. The van der Waals surface area contributed by atoms with Gasteiger partial charge in [-0.3, -0.25) is 4.90 Å². The van der Waals surface area contributed by atoms with E-state index in [9.17, 15) is 0 Å². The average molecular weight is 294 g/mol. The second kappa shape index (κ2) is 10.7. The van der Waals surface area contributed by atoms with Crippen molar-refractivity contribution in [3.63, 3.8) is 0 Å². The summed E-state index contributed by atoms with van der Waals surface area (Å²) in [7, 11) is 0. The molecular formula is C17H30N2O2. The van der Waals surface area contributed by atoms with Gasteiger partial charge < -0.3 is 15.2 Å². The van der Waals surface area contributed by atoms with E-state index in [0.717, 1.165) is 39.5 Å².